The lowest BCUT2D eigenvalue weighted by atomic mass is 10.1. The van der Waals surface area contributed by atoms with Crippen LogP contribution in [0.25, 0.3) is 0 Å². The molecule has 110 valence electrons. The third kappa shape index (κ3) is 5.59. The van der Waals surface area contributed by atoms with Gasteiger partial charge in [0.25, 0.3) is 0 Å². The average Bonchev–Trinajstić information content (AvgIpc) is 2.60. The highest BCUT2D eigenvalue weighted by atomic mass is 16.6. The predicted molar refractivity (Wildman–Crippen MR) is 71.6 cm³/mol. The van der Waals surface area contributed by atoms with Gasteiger partial charge >= 0.3 is 11.9 Å². The maximum atomic E-state index is 11.9. The number of ether oxygens (including phenoxy) is 2. The molecule has 0 aliphatic carbocycles. The zero-order valence-electron chi connectivity index (χ0n) is 12.7. The highest BCUT2D eigenvalue weighted by Crippen LogP contribution is 2.21. The quantitative estimate of drug-likeness (QED) is 0.774. The van der Waals surface area contributed by atoms with Crippen LogP contribution in [0.15, 0.2) is 0 Å². The molecule has 0 spiro atoms. The van der Waals surface area contributed by atoms with Crippen LogP contribution in [0.1, 0.15) is 48.0 Å². The van der Waals surface area contributed by atoms with Gasteiger partial charge in [-0.3, -0.25) is 9.59 Å². The minimum Gasteiger partial charge on any atom is -0.460 e. The molecule has 1 fully saturated rings. The lowest BCUT2D eigenvalue weighted by molar-refractivity contribution is -0.159. The number of carbonyl (C=O) groups excluding carboxylic acids is 2. The van der Waals surface area contributed by atoms with Crippen molar-refractivity contribution in [2.75, 3.05) is 6.54 Å². The van der Waals surface area contributed by atoms with Crippen LogP contribution in [-0.2, 0) is 19.1 Å². The molecule has 0 aromatic heterocycles. The standard InChI is InChI=1S/C14H25NO4/c1-13(2,3)18-11(16)9-7-10(15-8-9)12(17)19-14(4,5)6/h9-10,15H,7-8H2,1-6H3. The molecule has 1 aliphatic rings. The number of rotatable bonds is 2. The van der Waals surface area contributed by atoms with Crippen molar-refractivity contribution in [3.63, 3.8) is 0 Å². The van der Waals surface area contributed by atoms with Gasteiger partial charge in [0.15, 0.2) is 0 Å². The summed E-state index contributed by atoms with van der Waals surface area (Å²) in [5.74, 6) is -0.846. The molecule has 5 heteroatoms. The Morgan fingerprint density at radius 3 is 1.89 bits per heavy atom. The monoisotopic (exact) mass is 271 g/mol. The van der Waals surface area contributed by atoms with Crippen molar-refractivity contribution in [3.8, 4) is 0 Å². The van der Waals surface area contributed by atoms with Gasteiger partial charge in [0, 0.05) is 6.54 Å². The van der Waals surface area contributed by atoms with E-state index in [9.17, 15) is 9.59 Å². The number of hydrogen-bond donors (Lipinski definition) is 1. The van der Waals surface area contributed by atoms with E-state index in [1.54, 1.807) is 0 Å². The Balaban J connectivity index is 2.50. The number of esters is 2. The molecule has 0 radical (unpaired) electrons. The predicted octanol–water partition coefficient (Wildman–Crippen LogP) is 1.65. The average molecular weight is 271 g/mol. The second-order valence-electron chi connectivity index (χ2n) is 6.96. The molecular weight excluding hydrogens is 246 g/mol. The van der Waals surface area contributed by atoms with Crippen LogP contribution in [0.2, 0.25) is 0 Å². The molecule has 1 aliphatic heterocycles. The van der Waals surface area contributed by atoms with Gasteiger partial charge in [-0.25, -0.2) is 0 Å². The smallest absolute Gasteiger partial charge is 0.323 e. The van der Waals surface area contributed by atoms with E-state index in [1.807, 2.05) is 41.5 Å². The van der Waals surface area contributed by atoms with Crippen molar-refractivity contribution in [2.45, 2.75) is 65.2 Å². The van der Waals surface area contributed by atoms with Gasteiger partial charge in [0.05, 0.1) is 5.92 Å². The summed E-state index contributed by atoms with van der Waals surface area (Å²) in [5.41, 5.74) is -1.01. The molecule has 2 unspecified atom stereocenters. The van der Waals surface area contributed by atoms with Crippen molar-refractivity contribution in [2.24, 2.45) is 5.92 Å². The zero-order chi connectivity index (χ0) is 14.8. The van der Waals surface area contributed by atoms with Gasteiger partial charge in [-0.1, -0.05) is 0 Å². The largest absolute Gasteiger partial charge is 0.460 e. The van der Waals surface area contributed by atoms with E-state index < -0.39 is 17.2 Å². The Morgan fingerprint density at radius 1 is 0.947 bits per heavy atom. The number of carbonyl (C=O) groups is 2. The molecule has 0 saturated carbocycles. The van der Waals surface area contributed by atoms with E-state index >= 15 is 0 Å². The summed E-state index contributed by atoms with van der Waals surface area (Å²) in [6.45, 7) is 11.4. The first-order chi connectivity index (χ1) is 8.48. The van der Waals surface area contributed by atoms with Crippen LogP contribution >= 0.6 is 0 Å². The maximum Gasteiger partial charge on any atom is 0.323 e. The van der Waals surface area contributed by atoms with Gasteiger partial charge in [0.2, 0.25) is 0 Å². The van der Waals surface area contributed by atoms with Gasteiger partial charge in [0.1, 0.15) is 17.2 Å². The maximum absolute atomic E-state index is 11.9. The molecule has 0 bridgehead atoms. The van der Waals surface area contributed by atoms with Crippen LogP contribution in [0, 0.1) is 5.92 Å². The molecule has 1 N–H and O–H groups in total. The fourth-order valence-corrected chi connectivity index (χ4v) is 1.85. The van der Waals surface area contributed by atoms with E-state index in [0.29, 0.717) is 13.0 Å². The summed E-state index contributed by atoms with van der Waals surface area (Å²) in [6.07, 6.45) is 0.434. The summed E-state index contributed by atoms with van der Waals surface area (Å²) < 4.78 is 10.6. The summed E-state index contributed by atoms with van der Waals surface area (Å²) in [6, 6.07) is -0.420. The van der Waals surface area contributed by atoms with E-state index in [4.69, 9.17) is 9.47 Å². The van der Waals surface area contributed by atoms with Gasteiger partial charge in [-0.15, -0.1) is 0 Å². The molecule has 5 nitrogen and oxygen atoms in total. The Labute approximate surface area is 115 Å². The first-order valence-electron chi connectivity index (χ1n) is 6.67. The Hall–Kier alpha value is -1.10. The summed E-state index contributed by atoms with van der Waals surface area (Å²) in [5, 5.41) is 3.02. The van der Waals surface area contributed by atoms with E-state index in [1.165, 1.54) is 0 Å². The molecule has 1 heterocycles. The minimum atomic E-state index is -0.511. The normalized spacial score (nSPS) is 24.1. The van der Waals surface area contributed by atoms with Crippen molar-refractivity contribution in [3.05, 3.63) is 0 Å². The minimum absolute atomic E-state index is 0.258. The third-order valence-electron chi connectivity index (χ3n) is 2.56. The van der Waals surface area contributed by atoms with Gasteiger partial charge in [-0.2, -0.15) is 0 Å². The van der Waals surface area contributed by atoms with Crippen LogP contribution < -0.4 is 5.32 Å². The lowest BCUT2D eigenvalue weighted by Gasteiger charge is -2.22. The first kappa shape index (κ1) is 16.0. The van der Waals surface area contributed by atoms with E-state index in [2.05, 4.69) is 5.32 Å². The molecule has 1 saturated heterocycles. The number of hydrogen-bond acceptors (Lipinski definition) is 5. The first-order valence-corrected chi connectivity index (χ1v) is 6.67. The lowest BCUT2D eigenvalue weighted by Crippen LogP contribution is -2.37. The van der Waals surface area contributed by atoms with Crippen molar-refractivity contribution in [1.82, 2.24) is 5.32 Å². The molecule has 0 aromatic rings. The highest BCUT2D eigenvalue weighted by molar-refractivity contribution is 5.80. The molecule has 19 heavy (non-hydrogen) atoms. The van der Waals surface area contributed by atoms with Crippen molar-refractivity contribution in [1.29, 1.82) is 0 Å². The Bertz CT molecular complexity index is 317. The van der Waals surface area contributed by atoms with Crippen LogP contribution in [-0.4, -0.2) is 35.7 Å². The van der Waals surface area contributed by atoms with Gasteiger partial charge < -0.3 is 14.8 Å². The number of nitrogens with one attached hydrogen (secondary N) is 1. The molecule has 0 aromatic carbocycles. The fourth-order valence-electron chi connectivity index (χ4n) is 1.85. The van der Waals surface area contributed by atoms with Crippen LogP contribution in [0.3, 0.4) is 0 Å². The summed E-state index contributed by atoms with van der Waals surface area (Å²) in [7, 11) is 0. The Morgan fingerprint density at radius 2 is 1.42 bits per heavy atom. The third-order valence-corrected chi connectivity index (χ3v) is 2.56. The Kier molecular flexibility index (Phi) is 4.61. The topological polar surface area (TPSA) is 64.6 Å². The summed E-state index contributed by atoms with van der Waals surface area (Å²) >= 11 is 0. The fraction of sp³-hybridized carbons (Fsp3) is 0.857. The molecular formula is C14H25NO4. The van der Waals surface area contributed by atoms with Gasteiger partial charge in [-0.05, 0) is 48.0 Å². The van der Waals surface area contributed by atoms with Crippen molar-refractivity contribution >= 4 is 11.9 Å². The second-order valence-corrected chi connectivity index (χ2v) is 6.96. The molecule has 2 atom stereocenters. The van der Waals surface area contributed by atoms with Crippen LogP contribution in [0.5, 0.6) is 0 Å². The van der Waals surface area contributed by atoms with Crippen molar-refractivity contribution < 1.29 is 19.1 Å². The second kappa shape index (κ2) is 5.49. The van der Waals surface area contributed by atoms with E-state index in [0.717, 1.165) is 0 Å². The SMILES string of the molecule is CC(C)(C)OC(=O)C1CNC(C(=O)OC(C)(C)C)C1. The zero-order valence-corrected chi connectivity index (χ0v) is 12.7. The summed E-state index contributed by atoms with van der Waals surface area (Å²) in [4.78, 5) is 23.8. The van der Waals surface area contributed by atoms with Crippen LogP contribution in [0.4, 0.5) is 0 Å². The van der Waals surface area contributed by atoms with E-state index in [-0.39, 0.29) is 17.9 Å². The molecule has 1 rings (SSSR count). The highest BCUT2D eigenvalue weighted by Gasteiger charge is 2.37. The molecule has 0 amide bonds.